The molecule has 0 saturated heterocycles. The average molecular weight is 151 g/mol. The predicted octanol–water partition coefficient (Wildman–Crippen LogP) is -3.39. The largest absolute Gasteiger partial charge is 1.00 e. The number of hydrogen-bond donors (Lipinski definition) is 0. The maximum Gasteiger partial charge on any atom is 1.00 e. The van der Waals surface area contributed by atoms with Crippen LogP contribution in [0.5, 0.6) is 0 Å². The molecule has 0 N–H and O–H groups in total. The van der Waals surface area contributed by atoms with Crippen LogP contribution < -0.4 is 29.6 Å². The van der Waals surface area contributed by atoms with E-state index in [-0.39, 0.29) is 29.6 Å². The molecule has 48 valence electrons. The third-order valence-corrected chi connectivity index (χ3v) is 0.583. The molecule has 0 unspecified atom stereocenters. The molecule has 0 aromatic carbocycles. The van der Waals surface area contributed by atoms with E-state index in [2.05, 4.69) is 15.7 Å². The summed E-state index contributed by atoms with van der Waals surface area (Å²) in [4.78, 5) is 9.63. The van der Waals surface area contributed by atoms with Crippen LogP contribution in [0.15, 0.2) is 12.7 Å². The van der Waals surface area contributed by atoms with Gasteiger partial charge in [0.05, 0.1) is 0 Å². The molecule has 0 aliphatic rings. The van der Waals surface area contributed by atoms with Gasteiger partial charge < -0.3 is 10.1 Å². The fourth-order valence-electron chi connectivity index (χ4n) is 0.326. The van der Waals surface area contributed by atoms with Crippen LogP contribution in [0.25, 0.3) is 5.53 Å². The van der Waals surface area contributed by atoms with Crippen LogP contribution in [0.4, 0.5) is 0 Å². The molecule has 0 radical (unpaired) electrons. The molecule has 1 heterocycles. The van der Waals surface area contributed by atoms with Gasteiger partial charge in [0.15, 0.2) is 12.7 Å². The molecule has 1 aromatic rings. The van der Waals surface area contributed by atoms with Gasteiger partial charge in [-0.1, -0.05) is 0 Å². The zero-order valence-corrected chi connectivity index (χ0v) is 7.21. The van der Waals surface area contributed by atoms with Gasteiger partial charge in [-0.3, -0.25) is 10.2 Å². The van der Waals surface area contributed by atoms with E-state index in [0.717, 1.165) is 17.3 Å². The van der Waals surface area contributed by atoms with Crippen molar-refractivity contribution in [1.82, 2.24) is 14.9 Å². The van der Waals surface area contributed by atoms with Crippen molar-refractivity contribution in [1.29, 1.82) is 0 Å². The second-order valence-corrected chi connectivity index (χ2v) is 1.17. The monoisotopic (exact) mass is 151 g/mol. The topological polar surface area (TPSA) is 88.0 Å². The first-order valence-electron chi connectivity index (χ1n) is 2.00. The maximum atomic E-state index is 9.63. The van der Waals surface area contributed by atoms with Crippen LogP contribution in [-0.2, 0) is 0 Å². The van der Waals surface area contributed by atoms with E-state index in [1.165, 1.54) is 0 Å². The Morgan fingerprint density at radius 2 is 2.00 bits per heavy atom. The number of nitrogens with zero attached hydrogens (tertiary/aromatic N) is 5. The van der Waals surface area contributed by atoms with Crippen molar-refractivity contribution in [3.63, 3.8) is 0 Å². The molecule has 0 atom stereocenters. The molecule has 0 spiro atoms. The minimum Gasteiger partial charge on any atom is -0.373 e. The maximum absolute atomic E-state index is 9.63. The van der Waals surface area contributed by atoms with Gasteiger partial charge in [-0.25, -0.2) is 0 Å². The van der Waals surface area contributed by atoms with E-state index < -0.39 is 5.03 Å². The molecule has 7 nitrogen and oxygen atoms in total. The third kappa shape index (κ3) is 2.76. The van der Waals surface area contributed by atoms with Crippen LogP contribution in [0, 0.1) is 10.1 Å². The molecule has 0 bridgehead atoms. The predicted molar refractivity (Wildman–Crippen MR) is 25.8 cm³/mol. The second kappa shape index (κ2) is 4.20. The molecular weight excluding hydrogens is 149 g/mol. The summed E-state index contributed by atoms with van der Waals surface area (Å²) in [6, 6.07) is 0. The standard InChI is InChI=1S/C2H2N5O2.Na/c8-7(9)5-6-1-3-4-2-6;/h1-2H;/q-1;+1. The molecule has 0 aliphatic heterocycles. The molecule has 0 saturated carbocycles. The van der Waals surface area contributed by atoms with Gasteiger partial charge >= 0.3 is 29.6 Å². The normalized spacial score (nSPS) is 8.00. The SMILES string of the molecule is O=[N+]([O-])[N-]n1cnnc1.[Na+]. The van der Waals surface area contributed by atoms with E-state index in [4.69, 9.17) is 0 Å². The third-order valence-electron chi connectivity index (χ3n) is 0.583. The van der Waals surface area contributed by atoms with Crippen molar-refractivity contribution in [3.8, 4) is 0 Å². The summed E-state index contributed by atoms with van der Waals surface area (Å²) in [5.74, 6) is 0. The smallest absolute Gasteiger partial charge is 0.373 e. The second-order valence-electron chi connectivity index (χ2n) is 1.17. The summed E-state index contributed by atoms with van der Waals surface area (Å²) in [6.07, 6.45) is 2.26. The molecule has 0 aliphatic carbocycles. The fourth-order valence-corrected chi connectivity index (χ4v) is 0.326. The summed E-state index contributed by atoms with van der Waals surface area (Å²) in [6.45, 7) is 0. The quantitative estimate of drug-likeness (QED) is 0.250. The molecule has 1 rings (SSSR count). The van der Waals surface area contributed by atoms with Crippen molar-refractivity contribution in [2.45, 2.75) is 0 Å². The number of nitro groups is 1. The van der Waals surface area contributed by atoms with Gasteiger partial charge in [0.2, 0.25) is 0 Å². The Bertz CT molecular complexity index is 197. The Balaban J connectivity index is 0.000000810. The van der Waals surface area contributed by atoms with Crippen molar-refractivity contribution in [2.75, 3.05) is 0 Å². The van der Waals surface area contributed by atoms with E-state index in [0.29, 0.717) is 0 Å². The molecule has 1 aromatic heterocycles. The number of rotatable bonds is 2. The molecule has 0 amide bonds. The Kier molecular flexibility index (Phi) is 3.93. The summed E-state index contributed by atoms with van der Waals surface area (Å²) in [7, 11) is 0. The van der Waals surface area contributed by atoms with Gasteiger partial charge in [-0.2, -0.15) is 0 Å². The minimum atomic E-state index is -0.830. The van der Waals surface area contributed by atoms with E-state index in [9.17, 15) is 10.1 Å². The Hall–Kier alpha value is -0.660. The molecular formula is C2H2N5NaO2. The summed E-state index contributed by atoms with van der Waals surface area (Å²) < 4.78 is 0.903. The van der Waals surface area contributed by atoms with Crippen molar-refractivity contribution in [3.05, 3.63) is 28.3 Å². The van der Waals surface area contributed by atoms with Crippen LogP contribution in [0.2, 0.25) is 0 Å². The van der Waals surface area contributed by atoms with Crippen molar-refractivity contribution >= 4 is 0 Å². The van der Waals surface area contributed by atoms with Gasteiger partial charge in [0.1, 0.15) is 0 Å². The zero-order chi connectivity index (χ0) is 6.69. The van der Waals surface area contributed by atoms with E-state index in [1.54, 1.807) is 0 Å². The van der Waals surface area contributed by atoms with Crippen molar-refractivity contribution in [2.24, 2.45) is 0 Å². The van der Waals surface area contributed by atoms with Gasteiger partial charge in [0.25, 0.3) is 0 Å². The Morgan fingerprint density at radius 3 is 2.40 bits per heavy atom. The van der Waals surface area contributed by atoms with E-state index in [1.807, 2.05) is 0 Å². The van der Waals surface area contributed by atoms with Crippen LogP contribution >= 0.6 is 0 Å². The average Bonchev–Trinajstić information content (AvgIpc) is 2.15. The van der Waals surface area contributed by atoms with Gasteiger partial charge in [-0.05, 0) is 0 Å². The van der Waals surface area contributed by atoms with Gasteiger partial charge in [-0.15, -0.1) is 15.2 Å². The fraction of sp³-hybridized carbons (Fsp3) is 0. The summed E-state index contributed by atoms with van der Waals surface area (Å²) >= 11 is 0. The van der Waals surface area contributed by atoms with E-state index >= 15 is 0 Å². The first-order valence-corrected chi connectivity index (χ1v) is 2.00. The van der Waals surface area contributed by atoms with Gasteiger partial charge in [0, 0.05) is 0 Å². The molecule has 0 fully saturated rings. The van der Waals surface area contributed by atoms with Crippen molar-refractivity contribution < 1.29 is 34.6 Å². The Morgan fingerprint density at radius 1 is 1.50 bits per heavy atom. The minimum absolute atomic E-state index is 0. The first kappa shape index (κ1) is 9.34. The summed E-state index contributed by atoms with van der Waals surface area (Å²) in [5, 5.41) is 15.4. The van der Waals surface area contributed by atoms with Crippen LogP contribution in [0.3, 0.4) is 0 Å². The molecule has 8 heteroatoms. The summed E-state index contributed by atoms with van der Waals surface area (Å²) in [5.41, 5.74) is 2.83. The Labute approximate surface area is 77.8 Å². The zero-order valence-electron chi connectivity index (χ0n) is 5.21. The van der Waals surface area contributed by atoms with Crippen LogP contribution in [0.1, 0.15) is 0 Å². The number of aromatic nitrogens is 3. The van der Waals surface area contributed by atoms with Crippen LogP contribution in [-0.4, -0.2) is 19.9 Å². The molecule has 10 heavy (non-hydrogen) atoms. The first-order chi connectivity index (χ1) is 4.29. The number of hydrogen-bond acceptors (Lipinski definition) is 4.